The second kappa shape index (κ2) is 8.36. The first-order valence-corrected chi connectivity index (χ1v) is 12.9. The molecule has 2 aliphatic rings. The summed E-state index contributed by atoms with van der Waals surface area (Å²) in [6, 6.07) is 15.0. The molecule has 1 amide bonds. The van der Waals surface area contributed by atoms with Gasteiger partial charge >= 0.3 is 0 Å². The minimum atomic E-state index is -3.09. The number of nitrogens with zero attached hydrogens (tertiary/aromatic N) is 2. The van der Waals surface area contributed by atoms with E-state index in [4.69, 9.17) is 11.6 Å². The van der Waals surface area contributed by atoms with Gasteiger partial charge in [-0.2, -0.15) is 4.99 Å². The number of amides is 1. The van der Waals surface area contributed by atoms with Crippen molar-refractivity contribution in [3.63, 3.8) is 0 Å². The average Bonchev–Trinajstić information content (AvgIpc) is 3.14. The number of hydrogen-bond acceptors (Lipinski definition) is 4. The predicted molar refractivity (Wildman–Crippen MR) is 124 cm³/mol. The molecule has 0 aliphatic carbocycles. The molecule has 2 aliphatic heterocycles. The van der Waals surface area contributed by atoms with Crippen molar-refractivity contribution in [2.24, 2.45) is 4.99 Å². The highest BCUT2D eigenvalue weighted by Crippen LogP contribution is 2.41. The van der Waals surface area contributed by atoms with Gasteiger partial charge in [-0.05, 0) is 41.3 Å². The molecular weight excluding hydrogens is 440 g/mol. The lowest BCUT2D eigenvalue weighted by atomic mass is 10.0. The molecule has 2 fully saturated rings. The summed E-state index contributed by atoms with van der Waals surface area (Å²) < 4.78 is 24.4. The van der Waals surface area contributed by atoms with E-state index in [0.717, 1.165) is 11.3 Å². The zero-order chi connectivity index (χ0) is 21.5. The molecule has 0 spiro atoms. The van der Waals surface area contributed by atoms with Crippen LogP contribution in [0.3, 0.4) is 0 Å². The molecular formula is C22H23ClN2O3S2. The van der Waals surface area contributed by atoms with Crippen molar-refractivity contribution in [3.8, 4) is 0 Å². The summed E-state index contributed by atoms with van der Waals surface area (Å²) in [5.41, 5.74) is 2.92. The molecule has 8 heteroatoms. The first kappa shape index (κ1) is 21.4. The average molecular weight is 463 g/mol. The zero-order valence-electron chi connectivity index (χ0n) is 16.8. The molecule has 0 radical (unpaired) electrons. The smallest absolute Gasteiger partial charge is 0.252 e. The first-order valence-electron chi connectivity index (χ1n) is 9.84. The molecule has 4 rings (SSSR count). The van der Waals surface area contributed by atoms with Crippen molar-refractivity contribution in [2.75, 3.05) is 16.4 Å². The van der Waals surface area contributed by atoms with E-state index >= 15 is 0 Å². The van der Waals surface area contributed by atoms with Gasteiger partial charge in [0.05, 0.1) is 24.0 Å². The van der Waals surface area contributed by atoms with Crippen LogP contribution in [0, 0.1) is 0 Å². The van der Waals surface area contributed by atoms with Crippen LogP contribution in [0.2, 0.25) is 5.02 Å². The Morgan fingerprint density at radius 2 is 1.80 bits per heavy atom. The van der Waals surface area contributed by atoms with E-state index in [1.54, 1.807) is 12.1 Å². The third kappa shape index (κ3) is 4.58. The van der Waals surface area contributed by atoms with E-state index < -0.39 is 9.84 Å². The van der Waals surface area contributed by atoms with Crippen molar-refractivity contribution in [1.82, 2.24) is 0 Å². The monoisotopic (exact) mass is 462 g/mol. The molecule has 30 heavy (non-hydrogen) atoms. The lowest BCUT2D eigenvalue weighted by Gasteiger charge is -2.25. The third-order valence-corrected chi connectivity index (χ3v) is 8.86. The Labute approximate surface area is 186 Å². The van der Waals surface area contributed by atoms with Crippen molar-refractivity contribution in [1.29, 1.82) is 0 Å². The van der Waals surface area contributed by atoms with Crippen LogP contribution in [-0.2, 0) is 21.1 Å². The maximum Gasteiger partial charge on any atom is 0.252 e. The van der Waals surface area contributed by atoms with Crippen LogP contribution in [-0.4, -0.2) is 42.3 Å². The van der Waals surface area contributed by atoms with Crippen LogP contribution in [0.25, 0.3) is 0 Å². The number of sulfone groups is 1. The Morgan fingerprint density at radius 1 is 1.13 bits per heavy atom. The van der Waals surface area contributed by atoms with Crippen molar-refractivity contribution >= 4 is 50.0 Å². The summed E-state index contributed by atoms with van der Waals surface area (Å²) in [5.74, 6) is 0.348. The summed E-state index contributed by atoms with van der Waals surface area (Å²) in [6.45, 7) is 4.26. The maximum absolute atomic E-state index is 12.6. The second-order valence-corrected chi connectivity index (χ2v) is 11.8. The predicted octanol–water partition coefficient (Wildman–Crippen LogP) is 4.31. The zero-order valence-corrected chi connectivity index (χ0v) is 19.2. The van der Waals surface area contributed by atoms with Gasteiger partial charge in [-0.15, -0.1) is 0 Å². The lowest BCUT2D eigenvalue weighted by Crippen LogP contribution is -2.37. The van der Waals surface area contributed by atoms with Gasteiger partial charge in [0.25, 0.3) is 5.91 Å². The van der Waals surface area contributed by atoms with E-state index in [1.807, 2.05) is 29.2 Å². The first-order chi connectivity index (χ1) is 14.2. The largest absolute Gasteiger partial charge is 0.316 e. The molecule has 2 heterocycles. The van der Waals surface area contributed by atoms with E-state index in [-0.39, 0.29) is 35.1 Å². The van der Waals surface area contributed by atoms with Gasteiger partial charge in [0.15, 0.2) is 15.0 Å². The number of thioether (sulfide) groups is 1. The topological polar surface area (TPSA) is 66.8 Å². The molecule has 2 saturated heterocycles. The maximum atomic E-state index is 12.6. The molecule has 5 nitrogen and oxygen atoms in total. The number of carbonyl (C=O) groups excluding carboxylic acids is 1. The summed E-state index contributed by atoms with van der Waals surface area (Å²) in [7, 11) is -3.09. The number of aliphatic imine (C=N–C) groups is 1. The van der Waals surface area contributed by atoms with Crippen molar-refractivity contribution < 1.29 is 13.2 Å². The summed E-state index contributed by atoms with van der Waals surface area (Å²) in [5, 5.41) is 1.09. The van der Waals surface area contributed by atoms with E-state index in [2.05, 4.69) is 31.0 Å². The van der Waals surface area contributed by atoms with Gasteiger partial charge in [0.2, 0.25) is 0 Å². The fourth-order valence-corrected chi connectivity index (χ4v) is 7.87. The summed E-state index contributed by atoms with van der Waals surface area (Å²) in [6.07, 6.45) is 0.176. The number of fused-ring (bicyclic) bond motifs is 1. The van der Waals surface area contributed by atoms with Gasteiger partial charge < -0.3 is 4.90 Å². The molecule has 0 aromatic heterocycles. The number of anilines is 1. The summed E-state index contributed by atoms with van der Waals surface area (Å²) >= 11 is 7.30. The Kier molecular flexibility index (Phi) is 5.97. The van der Waals surface area contributed by atoms with Crippen molar-refractivity contribution in [3.05, 3.63) is 64.7 Å². The fraction of sp³-hybridized carbons (Fsp3) is 0.364. The van der Waals surface area contributed by atoms with Crippen molar-refractivity contribution in [2.45, 2.75) is 37.5 Å². The van der Waals surface area contributed by atoms with Crippen LogP contribution >= 0.6 is 23.4 Å². The minimum Gasteiger partial charge on any atom is -0.316 e. The van der Waals surface area contributed by atoms with Gasteiger partial charge in [-0.3, -0.25) is 4.79 Å². The van der Waals surface area contributed by atoms with E-state index in [0.29, 0.717) is 16.1 Å². The molecule has 2 aromatic carbocycles. The van der Waals surface area contributed by atoms with Gasteiger partial charge in [0, 0.05) is 16.0 Å². The molecule has 0 saturated carbocycles. The van der Waals surface area contributed by atoms with E-state index in [1.165, 1.54) is 17.3 Å². The van der Waals surface area contributed by atoms with Gasteiger partial charge in [-0.1, -0.05) is 61.5 Å². The lowest BCUT2D eigenvalue weighted by molar-refractivity contribution is -0.117. The SMILES string of the molecule is CC(C)c1ccc(N2C(=NC(=O)Cc3ccc(Cl)cc3)S[C@@H]3CS(=O)(=O)C[C@@H]32)cc1. The van der Waals surface area contributed by atoms with Crippen LogP contribution in [0.1, 0.15) is 30.9 Å². The van der Waals surface area contributed by atoms with Crippen LogP contribution < -0.4 is 4.90 Å². The molecule has 0 bridgehead atoms. The molecule has 0 N–H and O–H groups in total. The normalized spacial score (nSPS) is 23.9. The fourth-order valence-electron chi connectivity index (χ4n) is 3.81. The Bertz CT molecular complexity index is 1080. The highest BCUT2D eigenvalue weighted by Gasteiger charge is 2.49. The van der Waals surface area contributed by atoms with Crippen LogP contribution in [0.15, 0.2) is 53.5 Å². The van der Waals surface area contributed by atoms with E-state index in [9.17, 15) is 13.2 Å². The standard InChI is InChI=1S/C22H23ClN2O3S2/c1-14(2)16-5-9-18(10-6-16)25-19-12-30(27,28)13-20(19)29-22(25)24-21(26)11-15-3-7-17(23)8-4-15/h3-10,14,19-20H,11-13H2,1-2H3/t19-,20+/m0/s1. The third-order valence-electron chi connectivity index (χ3n) is 5.39. The Hall–Kier alpha value is -1.83. The number of hydrogen-bond donors (Lipinski definition) is 0. The number of benzene rings is 2. The number of amidine groups is 1. The molecule has 2 aromatic rings. The minimum absolute atomic E-state index is 0.0843. The number of rotatable bonds is 4. The quantitative estimate of drug-likeness (QED) is 0.677. The van der Waals surface area contributed by atoms with Crippen LogP contribution in [0.4, 0.5) is 5.69 Å². The van der Waals surface area contributed by atoms with Gasteiger partial charge in [-0.25, -0.2) is 8.42 Å². The number of carbonyl (C=O) groups is 1. The Balaban J connectivity index is 1.62. The van der Waals surface area contributed by atoms with Gasteiger partial charge in [0.1, 0.15) is 0 Å². The molecule has 0 unspecified atom stereocenters. The highest BCUT2D eigenvalue weighted by atomic mass is 35.5. The Morgan fingerprint density at radius 3 is 2.43 bits per heavy atom. The second-order valence-electron chi connectivity index (χ2n) is 8.01. The molecule has 2 atom stereocenters. The highest BCUT2D eigenvalue weighted by molar-refractivity contribution is 8.16. The number of halogens is 1. The molecule has 158 valence electrons. The van der Waals surface area contributed by atoms with Crippen LogP contribution in [0.5, 0.6) is 0 Å². The summed E-state index contributed by atoms with van der Waals surface area (Å²) in [4.78, 5) is 19.0.